The van der Waals surface area contributed by atoms with Crippen molar-refractivity contribution in [1.82, 2.24) is 0 Å². The third kappa shape index (κ3) is 2.97. The minimum absolute atomic E-state index is 0.0321. The van der Waals surface area contributed by atoms with E-state index in [1.165, 1.54) is 0 Å². The van der Waals surface area contributed by atoms with Crippen molar-refractivity contribution in [2.45, 2.75) is 13.8 Å². The molecular weight excluding hydrogens is 206 g/mol. The highest BCUT2D eigenvalue weighted by atomic mass is 16.5. The number of benzene rings is 1. The number of carbonyl (C=O) groups excluding carboxylic acids is 1. The molecule has 0 unspecified atom stereocenters. The summed E-state index contributed by atoms with van der Waals surface area (Å²) < 4.78 is 10.7. The highest BCUT2D eigenvalue weighted by molar-refractivity contribution is 6.00. The summed E-state index contributed by atoms with van der Waals surface area (Å²) in [7, 11) is 0. The van der Waals surface area contributed by atoms with Gasteiger partial charge in [0.2, 0.25) is 0 Å². The molecule has 0 spiro atoms. The molecule has 88 valence electrons. The number of carbonyl (C=O) groups is 1. The zero-order valence-electron chi connectivity index (χ0n) is 9.66. The molecule has 0 heterocycles. The Labute approximate surface area is 95.3 Å². The van der Waals surface area contributed by atoms with Gasteiger partial charge in [-0.25, -0.2) is 0 Å². The van der Waals surface area contributed by atoms with Crippen molar-refractivity contribution in [1.29, 1.82) is 0 Å². The molecule has 0 aromatic heterocycles. The van der Waals surface area contributed by atoms with Crippen molar-refractivity contribution in [2.24, 2.45) is 5.73 Å². The molecule has 4 nitrogen and oxygen atoms in total. The summed E-state index contributed by atoms with van der Waals surface area (Å²) in [4.78, 5) is 11.6. The Hall–Kier alpha value is -1.55. The molecule has 4 heteroatoms. The molecule has 16 heavy (non-hydrogen) atoms. The van der Waals surface area contributed by atoms with Crippen LogP contribution < -0.4 is 15.2 Å². The quantitative estimate of drug-likeness (QED) is 0.744. The number of ether oxygens (including phenoxy) is 2. The van der Waals surface area contributed by atoms with Gasteiger partial charge in [0.25, 0.3) is 0 Å². The number of hydrogen-bond donors (Lipinski definition) is 1. The van der Waals surface area contributed by atoms with Crippen LogP contribution in [0.1, 0.15) is 24.2 Å². The second-order valence-electron chi connectivity index (χ2n) is 3.15. The molecule has 1 aromatic carbocycles. The van der Waals surface area contributed by atoms with Crippen molar-refractivity contribution in [3.05, 3.63) is 23.8 Å². The summed E-state index contributed by atoms with van der Waals surface area (Å²) >= 11 is 0. The molecule has 0 aliphatic rings. The predicted octanol–water partition coefficient (Wildman–Crippen LogP) is 1.63. The third-order valence-corrected chi connectivity index (χ3v) is 2.05. The van der Waals surface area contributed by atoms with Gasteiger partial charge < -0.3 is 15.2 Å². The molecule has 0 bridgehead atoms. The van der Waals surface area contributed by atoms with Crippen LogP contribution in [-0.4, -0.2) is 25.5 Å². The molecule has 0 radical (unpaired) electrons. The zero-order chi connectivity index (χ0) is 12.0. The van der Waals surface area contributed by atoms with Crippen LogP contribution in [-0.2, 0) is 0 Å². The van der Waals surface area contributed by atoms with Crippen LogP contribution >= 0.6 is 0 Å². The van der Waals surface area contributed by atoms with Crippen molar-refractivity contribution < 1.29 is 14.3 Å². The lowest BCUT2D eigenvalue weighted by Crippen LogP contribution is -2.15. The fraction of sp³-hybridized carbons (Fsp3) is 0.417. The Bertz CT molecular complexity index is 363. The van der Waals surface area contributed by atoms with Crippen LogP contribution in [0, 0.1) is 0 Å². The molecule has 0 saturated heterocycles. The van der Waals surface area contributed by atoms with Gasteiger partial charge in [-0.15, -0.1) is 0 Å². The zero-order valence-corrected chi connectivity index (χ0v) is 9.66. The van der Waals surface area contributed by atoms with E-state index in [0.29, 0.717) is 30.3 Å². The van der Waals surface area contributed by atoms with Crippen molar-refractivity contribution >= 4 is 5.78 Å². The van der Waals surface area contributed by atoms with Gasteiger partial charge in [-0.05, 0) is 32.0 Å². The molecule has 0 atom stereocenters. The average molecular weight is 223 g/mol. The van der Waals surface area contributed by atoms with Gasteiger partial charge in [-0.3, -0.25) is 4.79 Å². The average Bonchev–Trinajstić information content (AvgIpc) is 2.31. The molecule has 0 saturated carbocycles. The van der Waals surface area contributed by atoms with Gasteiger partial charge in [-0.2, -0.15) is 0 Å². The van der Waals surface area contributed by atoms with Crippen LogP contribution in [0.15, 0.2) is 18.2 Å². The molecule has 0 aliphatic heterocycles. The predicted molar refractivity (Wildman–Crippen MR) is 62.2 cm³/mol. The van der Waals surface area contributed by atoms with Crippen LogP contribution in [0.5, 0.6) is 11.5 Å². The van der Waals surface area contributed by atoms with E-state index in [1.54, 1.807) is 18.2 Å². The lowest BCUT2D eigenvalue weighted by Gasteiger charge is -2.11. The number of Topliss-reactive ketones (excluding diaryl/α,β-unsaturated/α-hetero) is 1. The third-order valence-electron chi connectivity index (χ3n) is 2.05. The van der Waals surface area contributed by atoms with Crippen molar-refractivity contribution in [3.63, 3.8) is 0 Å². The molecule has 1 rings (SSSR count). The van der Waals surface area contributed by atoms with E-state index >= 15 is 0 Å². The van der Waals surface area contributed by atoms with E-state index in [-0.39, 0.29) is 12.3 Å². The normalized spacial score (nSPS) is 9.94. The van der Waals surface area contributed by atoms with Gasteiger partial charge in [0, 0.05) is 0 Å². The Morgan fingerprint density at radius 3 is 2.50 bits per heavy atom. The summed E-state index contributed by atoms with van der Waals surface area (Å²) in [5, 5.41) is 0. The summed E-state index contributed by atoms with van der Waals surface area (Å²) in [6.07, 6.45) is 0. The first-order valence-corrected chi connectivity index (χ1v) is 5.35. The van der Waals surface area contributed by atoms with Crippen LogP contribution in [0.3, 0.4) is 0 Å². The maximum absolute atomic E-state index is 11.6. The lowest BCUT2D eigenvalue weighted by molar-refractivity contribution is 0.0997. The number of rotatable bonds is 6. The molecule has 1 aromatic rings. The van der Waals surface area contributed by atoms with Gasteiger partial charge >= 0.3 is 0 Å². The maximum Gasteiger partial charge on any atom is 0.180 e. The molecule has 0 amide bonds. The first-order valence-electron chi connectivity index (χ1n) is 5.35. The molecule has 0 fully saturated rings. The van der Waals surface area contributed by atoms with E-state index < -0.39 is 0 Å². The summed E-state index contributed by atoms with van der Waals surface area (Å²) in [6.45, 7) is 4.80. The van der Waals surface area contributed by atoms with E-state index in [4.69, 9.17) is 15.2 Å². The van der Waals surface area contributed by atoms with E-state index in [0.717, 1.165) is 0 Å². The standard InChI is InChI=1S/C12H17NO3/c1-3-15-9-5-6-12(16-4-2)10(7-9)11(14)8-13/h5-7H,3-4,8,13H2,1-2H3. The van der Waals surface area contributed by atoms with Crippen molar-refractivity contribution in [2.75, 3.05) is 19.8 Å². The fourth-order valence-electron chi connectivity index (χ4n) is 1.37. The van der Waals surface area contributed by atoms with E-state index in [1.807, 2.05) is 13.8 Å². The monoisotopic (exact) mass is 223 g/mol. The number of ketones is 1. The van der Waals surface area contributed by atoms with Crippen LogP contribution in [0.2, 0.25) is 0 Å². The molecule has 0 aliphatic carbocycles. The topological polar surface area (TPSA) is 61.5 Å². The summed E-state index contributed by atoms with van der Waals surface area (Å²) in [6, 6.07) is 5.18. The lowest BCUT2D eigenvalue weighted by atomic mass is 10.1. The first-order chi connectivity index (χ1) is 7.72. The SMILES string of the molecule is CCOc1ccc(OCC)c(C(=O)CN)c1. The van der Waals surface area contributed by atoms with Gasteiger partial charge in [0.05, 0.1) is 25.3 Å². The number of hydrogen-bond acceptors (Lipinski definition) is 4. The number of nitrogens with two attached hydrogens (primary N) is 1. The summed E-state index contributed by atoms with van der Waals surface area (Å²) in [5.74, 6) is 1.06. The van der Waals surface area contributed by atoms with E-state index in [2.05, 4.69) is 0 Å². The van der Waals surface area contributed by atoms with Gasteiger partial charge in [0.1, 0.15) is 11.5 Å². The van der Waals surface area contributed by atoms with Crippen LogP contribution in [0.4, 0.5) is 0 Å². The Morgan fingerprint density at radius 1 is 1.25 bits per heavy atom. The fourth-order valence-corrected chi connectivity index (χ4v) is 1.37. The Kier molecular flexibility index (Phi) is 4.79. The Balaban J connectivity index is 3.05. The van der Waals surface area contributed by atoms with Crippen LogP contribution in [0.25, 0.3) is 0 Å². The van der Waals surface area contributed by atoms with Gasteiger partial charge in [0.15, 0.2) is 5.78 Å². The summed E-state index contributed by atoms with van der Waals surface area (Å²) in [5.41, 5.74) is 5.83. The minimum Gasteiger partial charge on any atom is -0.494 e. The second kappa shape index (κ2) is 6.12. The Morgan fingerprint density at radius 2 is 1.94 bits per heavy atom. The first kappa shape index (κ1) is 12.5. The van der Waals surface area contributed by atoms with Gasteiger partial charge in [-0.1, -0.05) is 0 Å². The minimum atomic E-state index is -0.148. The second-order valence-corrected chi connectivity index (χ2v) is 3.15. The largest absolute Gasteiger partial charge is 0.494 e. The van der Waals surface area contributed by atoms with E-state index in [9.17, 15) is 4.79 Å². The highest BCUT2D eigenvalue weighted by Crippen LogP contribution is 2.24. The molecular formula is C12H17NO3. The maximum atomic E-state index is 11.6. The molecule has 2 N–H and O–H groups in total. The van der Waals surface area contributed by atoms with Crippen molar-refractivity contribution in [3.8, 4) is 11.5 Å². The highest BCUT2D eigenvalue weighted by Gasteiger charge is 2.12. The smallest absolute Gasteiger partial charge is 0.180 e.